The molecule has 0 unspecified atom stereocenters. The van der Waals surface area contributed by atoms with Gasteiger partial charge in [0, 0.05) is 29.2 Å². The van der Waals surface area contributed by atoms with Crippen molar-refractivity contribution in [3.63, 3.8) is 0 Å². The van der Waals surface area contributed by atoms with E-state index in [-0.39, 0.29) is 5.91 Å². The summed E-state index contributed by atoms with van der Waals surface area (Å²) in [6.07, 6.45) is 4.85. The minimum absolute atomic E-state index is 0.297. The SMILES string of the molecule is CCOc1ccc(-n2c(-c3ccccc3)cc(/C=N\NC(=O)c3ccncc3)c2-c2ccccc2)cc1. The average molecular weight is 487 g/mol. The van der Waals surface area contributed by atoms with Gasteiger partial charge in [0.05, 0.1) is 24.2 Å². The normalized spacial score (nSPS) is 10.9. The molecular weight excluding hydrogens is 460 g/mol. The van der Waals surface area contributed by atoms with E-state index in [1.807, 2.05) is 55.5 Å². The van der Waals surface area contributed by atoms with Gasteiger partial charge < -0.3 is 9.30 Å². The number of rotatable bonds is 8. The molecule has 182 valence electrons. The molecule has 1 N–H and O–H groups in total. The van der Waals surface area contributed by atoms with E-state index < -0.39 is 0 Å². The standard InChI is InChI=1S/C31H26N4O2/c1-2-37-28-15-13-27(14-16-28)35-29(23-9-5-3-6-10-23)21-26(30(35)24-11-7-4-8-12-24)22-33-34-31(36)25-17-19-32-20-18-25/h3-22H,2H2,1H3,(H,34,36)/b33-22-. The molecule has 0 atom stereocenters. The summed E-state index contributed by atoms with van der Waals surface area (Å²) in [7, 11) is 0. The predicted molar refractivity (Wildman–Crippen MR) is 147 cm³/mol. The van der Waals surface area contributed by atoms with E-state index in [1.165, 1.54) is 0 Å². The summed E-state index contributed by atoms with van der Waals surface area (Å²) in [5.74, 6) is 0.524. The highest BCUT2D eigenvalue weighted by atomic mass is 16.5. The smallest absolute Gasteiger partial charge is 0.271 e. The number of nitrogens with one attached hydrogen (secondary N) is 1. The molecule has 1 amide bonds. The number of nitrogens with zero attached hydrogens (tertiary/aromatic N) is 3. The van der Waals surface area contributed by atoms with E-state index in [0.29, 0.717) is 12.2 Å². The summed E-state index contributed by atoms with van der Waals surface area (Å²) in [4.78, 5) is 16.5. The Hall–Kier alpha value is -4.97. The van der Waals surface area contributed by atoms with Crippen LogP contribution in [0.1, 0.15) is 22.8 Å². The van der Waals surface area contributed by atoms with Crippen molar-refractivity contribution in [1.29, 1.82) is 0 Å². The number of carbonyl (C=O) groups is 1. The van der Waals surface area contributed by atoms with Crippen LogP contribution in [0.2, 0.25) is 0 Å². The Balaban J connectivity index is 1.63. The van der Waals surface area contributed by atoms with Crippen molar-refractivity contribution in [1.82, 2.24) is 15.0 Å². The molecule has 2 heterocycles. The van der Waals surface area contributed by atoms with Gasteiger partial charge in [0.1, 0.15) is 5.75 Å². The van der Waals surface area contributed by atoms with Gasteiger partial charge in [0.15, 0.2) is 0 Å². The summed E-state index contributed by atoms with van der Waals surface area (Å²) in [6, 6.07) is 33.8. The van der Waals surface area contributed by atoms with Crippen molar-refractivity contribution < 1.29 is 9.53 Å². The van der Waals surface area contributed by atoms with E-state index in [2.05, 4.69) is 62.5 Å². The number of amides is 1. The zero-order chi connectivity index (χ0) is 25.5. The Labute approximate surface area is 215 Å². The van der Waals surface area contributed by atoms with Crippen LogP contribution in [-0.4, -0.2) is 28.3 Å². The molecule has 0 aliphatic rings. The lowest BCUT2D eigenvalue weighted by molar-refractivity contribution is 0.0955. The third-order valence-electron chi connectivity index (χ3n) is 5.87. The molecule has 0 aliphatic carbocycles. The first-order valence-electron chi connectivity index (χ1n) is 12.1. The van der Waals surface area contributed by atoms with Gasteiger partial charge >= 0.3 is 0 Å². The molecule has 5 aromatic rings. The van der Waals surface area contributed by atoms with E-state index in [4.69, 9.17) is 4.74 Å². The maximum Gasteiger partial charge on any atom is 0.271 e. The van der Waals surface area contributed by atoms with Gasteiger partial charge in [0.25, 0.3) is 5.91 Å². The Morgan fingerprint density at radius 3 is 2.19 bits per heavy atom. The third kappa shape index (κ3) is 5.33. The zero-order valence-electron chi connectivity index (χ0n) is 20.4. The number of hydrogen-bond donors (Lipinski definition) is 1. The van der Waals surface area contributed by atoms with Crippen LogP contribution in [0.15, 0.2) is 121 Å². The second kappa shape index (κ2) is 11.2. The van der Waals surface area contributed by atoms with E-state index in [0.717, 1.165) is 39.5 Å². The van der Waals surface area contributed by atoms with Crippen molar-refractivity contribution in [2.24, 2.45) is 5.10 Å². The van der Waals surface area contributed by atoms with Gasteiger partial charge in [-0.25, -0.2) is 5.43 Å². The quantitative estimate of drug-likeness (QED) is 0.205. The molecule has 0 saturated carbocycles. The number of pyridine rings is 1. The molecule has 0 spiro atoms. The van der Waals surface area contributed by atoms with Crippen molar-refractivity contribution in [3.8, 4) is 34.0 Å². The molecule has 0 saturated heterocycles. The van der Waals surface area contributed by atoms with Crippen LogP contribution in [0.3, 0.4) is 0 Å². The van der Waals surface area contributed by atoms with Crippen molar-refractivity contribution in [2.75, 3.05) is 6.61 Å². The minimum atomic E-state index is -0.297. The fourth-order valence-corrected chi connectivity index (χ4v) is 4.20. The molecule has 3 aromatic carbocycles. The topological polar surface area (TPSA) is 68.5 Å². The second-order valence-corrected chi connectivity index (χ2v) is 8.26. The molecule has 0 aliphatic heterocycles. The first-order chi connectivity index (χ1) is 18.2. The monoisotopic (exact) mass is 486 g/mol. The highest BCUT2D eigenvalue weighted by Gasteiger charge is 2.19. The van der Waals surface area contributed by atoms with Gasteiger partial charge in [-0.1, -0.05) is 60.7 Å². The average Bonchev–Trinajstić information content (AvgIpc) is 3.34. The molecule has 37 heavy (non-hydrogen) atoms. The Morgan fingerprint density at radius 2 is 1.54 bits per heavy atom. The van der Waals surface area contributed by atoms with Crippen LogP contribution in [0, 0.1) is 0 Å². The van der Waals surface area contributed by atoms with Crippen molar-refractivity contribution in [2.45, 2.75) is 6.92 Å². The summed E-state index contributed by atoms with van der Waals surface area (Å²) in [6.45, 7) is 2.58. The number of aromatic nitrogens is 2. The van der Waals surface area contributed by atoms with Crippen molar-refractivity contribution >= 4 is 12.1 Å². The maximum absolute atomic E-state index is 12.5. The Morgan fingerprint density at radius 1 is 0.892 bits per heavy atom. The summed E-state index contributed by atoms with van der Waals surface area (Å²) >= 11 is 0. The summed E-state index contributed by atoms with van der Waals surface area (Å²) in [5.41, 5.74) is 9.04. The molecule has 5 rings (SSSR count). The number of hydrogen-bond acceptors (Lipinski definition) is 4. The number of ether oxygens (including phenoxy) is 1. The first kappa shape index (κ1) is 23.8. The summed E-state index contributed by atoms with van der Waals surface area (Å²) in [5, 5.41) is 4.31. The molecular formula is C31H26N4O2. The van der Waals surface area contributed by atoms with Gasteiger partial charge in [-0.2, -0.15) is 5.10 Å². The molecule has 6 heteroatoms. The Kier molecular flexibility index (Phi) is 7.18. The molecule has 2 aromatic heterocycles. The maximum atomic E-state index is 12.5. The molecule has 0 radical (unpaired) electrons. The van der Waals surface area contributed by atoms with Gasteiger partial charge in [0.2, 0.25) is 0 Å². The van der Waals surface area contributed by atoms with Crippen LogP contribution in [0.4, 0.5) is 0 Å². The van der Waals surface area contributed by atoms with Gasteiger partial charge in [-0.15, -0.1) is 0 Å². The van der Waals surface area contributed by atoms with Gasteiger partial charge in [-0.3, -0.25) is 9.78 Å². The highest BCUT2D eigenvalue weighted by molar-refractivity contribution is 5.97. The largest absolute Gasteiger partial charge is 0.494 e. The lowest BCUT2D eigenvalue weighted by Crippen LogP contribution is -2.17. The van der Waals surface area contributed by atoms with Crippen LogP contribution >= 0.6 is 0 Å². The minimum Gasteiger partial charge on any atom is -0.494 e. The van der Waals surface area contributed by atoms with Crippen LogP contribution in [-0.2, 0) is 0 Å². The predicted octanol–water partition coefficient (Wildman–Crippen LogP) is 6.37. The lowest BCUT2D eigenvalue weighted by Gasteiger charge is -2.15. The van der Waals surface area contributed by atoms with Gasteiger partial charge in [-0.05, 0) is 60.5 Å². The lowest BCUT2D eigenvalue weighted by atomic mass is 10.1. The van der Waals surface area contributed by atoms with E-state index >= 15 is 0 Å². The van der Waals surface area contributed by atoms with Crippen LogP contribution in [0.25, 0.3) is 28.2 Å². The number of hydrazone groups is 1. The Bertz CT molecular complexity index is 1490. The zero-order valence-corrected chi connectivity index (χ0v) is 20.4. The van der Waals surface area contributed by atoms with E-state index in [1.54, 1.807) is 30.7 Å². The van der Waals surface area contributed by atoms with E-state index in [9.17, 15) is 4.79 Å². The highest BCUT2D eigenvalue weighted by Crippen LogP contribution is 2.35. The van der Waals surface area contributed by atoms with Crippen LogP contribution < -0.4 is 10.2 Å². The van der Waals surface area contributed by atoms with Crippen molar-refractivity contribution in [3.05, 3.63) is 127 Å². The second-order valence-electron chi connectivity index (χ2n) is 8.26. The molecule has 6 nitrogen and oxygen atoms in total. The summed E-state index contributed by atoms with van der Waals surface area (Å²) < 4.78 is 7.88. The molecule has 0 bridgehead atoms. The first-order valence-corrected chi connectivity index (χ1v) is 12.1. The fraction of sp³-hybridized carbons (Fsp3) is 0.0645. The number of benzene rings is 3. The number of carbonyl (C=O) groups excluding carboxylic acids is 1. The molecule has 0 fully saturated rings. The van der Waals surface area contributed by atoms with Crippen LogP contribution in [0.5, 0.6) is 5.75 Å². The fourth-order valence-electron chi connectivity index (χ4n) is 4.20. The third-order valence-corrected chi connectivity index (χ3v) is 5.87.